The first kappa shape index (κ1) is 21.4. The molecule has 0 fully saturated rings. The molecular formula is C9H10Na2O7S. The zero-order chi connectivity index (χ0) is 13.2. The van der Waals surface area contributed by atoms with Crippen molar-refractivity contribution in [3.8, 4) is 0 Å². The van der Waals surface area contributed by atoms with E-state index in [0.29, 0.717) is 0 Å². The van der Waals surface area contributed by atoms with Crippen molar-refractivity contribution >= 4 is 22.1 Å². The molecule has 96 valence electrons. The molecule has 10 heteroatoms. The number of ether oxygens (including phenoxy) is 1. The third-order valence-electron chi connectivity index (χ3n) is 1.87. The molecule has 0 aliphatic carbocycles. The van der Waals surface area contributed by atoms with Crippen LogP contribution in [0.15, 0.2) is 23.1 Å². The summed E-state index contributed by atoms with van der Waals surface area (Å²) >= 11 is 0. The molecule has 0 saturated heterocycles. The van der Waals surface area contributed by atoms with Gasteiger partial charge in [0.25, 0.3) is 10.1 Å². The van der Waals surface area contributed by atoms with E-state index in [1.807, 2.05) is 0 Å². The van der Waals surface area contributed by atoms with Crippen LogP contribution in [0.2, 0.25) is 0 Å². The van der Waals surface area contributed by atoms with Gasteiger partial charge in [-0.3, -0.25) is 4.55 Å². The van der Waals surface area contributed by atoms with E-state index in [2.05, 4.69) is 4.74 Å². The molecule has 1 aromatic carbocycles. The van der Waals surface area contributed by atoms with Gasteiger partial charge in [-0.05, 0) is 18.2 Å². The molecular weight excluding hydrogens is 298 g/mol. The Morgan fingerprint density at radius 3 is 2.00 bits per heavy atom. The Kier molecular flexibility index (Phi) is 9.42. The van der Waals surface area contributed by atoms with E-state index in [4.69, 9.17) is 9.66 Å². The molecule has 0 amide bonds. The summed E-state index contributed by atoms with van der Waals surface area (Å²) in [7, 11) is -3.54. The molecule has 0 aromatic heterocycles. The van der Waals surface area contributed by atoms with Gasteiger partial charge >= 0.3 is 71.1 Å². The molecule has 0 saturated carbocycles. The summed E-state index contributed by atoms with van der Waals surface area (Å²) in [6, 6.07) is 2.51. The number of carboxylic acid groups (broad SMARTS) is 1. The number of rotatable bonds is 3. The van der Waals surface area contributed by atoms with Crippen LogP contribution in [0, 0.1) is 0 Å². The van der Waals surface area contributed by atoms with Crippen molar-refractivity contribution < 1.29 is 94.4 Å². The zero-order valence-corrected chi connectivity index (χ0v) is 15.4. The van der Waals surface area contributed by atoms with E-state index in [9.17, 15) is 18.0 Å². The molecule has 0 spiro atoms. The fraction of sp³-hybridized carbons (Fsp3) is 0.111. The number of carbonyl (C=O) groups excluding carboxylic acids is 1. The quantitative estimate of drug-likeness (QED) is 0.325. The van der Waals surface area contributed by atoms with Gasteiger partial charge in [0.2, 0.25) is 0 Å². The second-order valence-corrected chi connectivity index (χ2v) is 4.44. The first-order valence-corrected chi connectivity index (χ1v) is 5.64. The maximum Gasteiger partial charge on any atom is 1.00 e. The normalized spacial score (nSPS) is 9.79. The molecule has 0 atom stereocenters. The first-order valence-electron chi connectivity index (χ1n) is 4.20. The van der Waals surface area contributed by atoms with Crippen LogP contribution in [0.25, 0.3) is 0 Å². The summed E-state index contributed by atoms with van der Waals surface area (Å²) in [6.45, 7) is 0. The number of benzene rings is 1. The summed E-state index contributed by atoms with van der Waals surface area (Å²) in [5.74, 6) is -2.33. The van der Waals surface area contributed by atoms with Crippen molar-refractivity contribution in [2.45, 2.75) is 4.90 Å². The predicted molar refractivity (Wildman–Crippen MR) is 56.8 cm³/mol. The number of hydrogen-bond donors (Lipinski definition) is 2. The van der Waals surface area contributed by atoms with Crippen LogP contribution in [0.3, 0.4) is 0 Å². The second kappa shape index (κ2) is 8.38. The Bertz CT molecular complexity index is 592. The molecule has 0 radical (unpaired) electrons. The van der Waals surface area contributed by atoms with Gasteiger partial charge in [0.15, 0.2) is 0 Å². The molecule has 0 aliphatic heterocycles. The molecule has 1 aromatic rings. The Morgan fingerprint density at radius 1 is 1.16 bits per heavy atom. The third kappa shape index (κ3) is 5.92. The van der Waals surface area contributed by atoms with Crippen LogP contribution in [0.5, 0.6) is 0 Å². The van der Waals surface area contributed by atoms with Crippen LogP contribution < -0.4 is 59.1 Å². The smallest absolute Gasteiger partial charge is 1.00 e. The summed E-state index contributed by atoms with van der Waals surface area (Å²) in [4.78, 5) is 21.2. The van der Waals surface area contributed by atoms with Crippen molar-refractivity contribution in [2.24, 2.45) is 0 Å². The average Bonchev–Trinajstić information content (AvgIpc) is 2.26. The summed E-state index contributed by atoms with van der Waals surface area (Å²) in [5, 5.41) is 8.73. The standard InChI is InChI=1S/C9H8O7S.2Na.2H/c1-16-9(12)6-2-5(8(10)11)3-7(4-6)17(13,14)15;;;;/h2-4H,1H3,(H,10,11)(H,13,14,15);;;;/q;2*+1;2*-1. The van der Waals surface area contributed by atoms with Crippen molar-refractivity contribution in [1.82, 2.24) is 0 Å². The summed E-state index contributed by atoms with van der Waals surface area (Å²) < 4.78 is 34.9. The van der Waals surface area contributed by atoms with E-state index in [1.54, 1.807) is 0 Å². The summed E-state index contributed by atoms with van der Waals surface area (Å²) in [5.41, 5.74) is -0.722. The Labute approximate surface area is 156 Å². The van der Waals surface area contributed by atoms with E-state index in [-0.39, 0.29) is 67.5 Å². The number of carboxylic acids is 1. The third-order valence-corrected chi connectivity index (χ3v) is 2.70. The molecule has 0 aliphatic rings. The zero-order valence-electron chi connectivity index (χ0n) is 12.6. The minimum absolute atomic E-state index is 0. The van der Waals surface area contributed by atoms with Gasteiger partial charge in [-0.15, -0.1) is 0 Å². The molecule has 0 heterocycles. The molecule has 0 unspecified atom stereocenters. The van der Waals surface area contributed by atoms with Crippen LogP contribution in [0.4, 0.5) is 0 Å². The molecule has 0 bridgehead atoms. The van der Waals surface area contributed by atoms with Gasteiger partial charge in [0.1, 0.15) is 0 Å². The van der Waals surface area contributed by atoms with Gasteiger partial charge in [-0.2, -0.15) is 8.42 Å². The number of aromatic carboxylic acids is 1. The van der Waals surface area contributed by atoms with Crippen LogP contribution in [0.1, 0.15) is 23.6 Å². The van der Waals surface area contributed by atoms with Crippen LogP contribution in [-0.4, -0.2) is 37.1 Å². The van der Waals surface area contributed by atoms with Gasteiger partial charge in [-0.25, -0.2) is 9.59 Å². The second-order valence-electron chi connectivity index (χ2n) is 3.02. The van der Waals surface area contributed by atoms with E-state index >= 15 is 0 Å². The fourth-order valence-electron chi connectivity index (χ4n) is 1.11. The van der Waals surface area contributed by atoms with E-state index in [1.165, 1.54) is 0 Å². The van der Waals surface area contributed by atoms with Gasteiger partial charge in [0.05, 0.1) is 23.1 Å². The first-order chi connectivity index (χ1) is 7.75. The number of methoxy groups -OCH3 is 1. The SMILES string of the molecule is COC(=O)c1cc(C(=O)O)cc(S(=O)(=O)O)c1.[H-].[H-].[Na+].[Na+]. The largest absolute Gasteiger partial charge is 1.00 e. The van der Waals surface area contributed by atoms with Gasteiger partial charge in [-0.1, -0.05) is 0 Å². The van der Waals surface area contributed by atoms with Gasteiger partial charge < -0.3 is 12.7 Å². The van der Waals surface area contributed by atoms with Crippen LogP contribution in [-0.2, 0) is 14.9 Å². The van der Waals surface area contributed by atoms with Gasteiger partial charge in [0, 0.05) is 0 Å². The van der Waals surface area contributed by atoms with Crippen LogP contribution >= 0.6 is 0 Å². The van der Waals surface area contributed by atoms with Crippen molar-refractivity contribution in [3.63, 3.8) is 0 Å². The molecule has 1 rings (SSSR count). The topological polar surface area (TPSA) is 118 Å². The summed E-state index contributed by atoms with van der Waals surface area (Å²) in [6.07, 6.45) is 0. The Morgan fingerprint density at radius 2 is 1.63 bits per heavy atom. The maximum absolute atomic E-state index is 11.2. The van der Waals surface area contributed by atoms with Crippen molar-refractivity contribution in [3.05, 3.63) is 29.3 Å². The molecule has 19 heavy (non-hydrogen) atoms. The monoisotopic (exact) mass is 308 g/mol. The minimum Gasteiger partial charge on any atom is -1.00 e. The minimum atomic E-state index is -4.59. The Balaban J connectivity index is -0.000000361. The Hall–Kier alpha value is 0.0700. The molecule has 2 N–H and O–H groups in total. The van der Waals surface area contributed by atoms with Crippen molar-refractivity contribution in [1.29, 1.82) is 0 Å². The molecule has 7 nitrogen and oxygen atoms in total. The predicted octanol–water partition coefficient (Wildman–Crippen LogP) is -5.35. The number of hydrogen-bond acceptors (Lipinski definition) is 5. The number of carbonyl (C=O) groups is 2. The maximum atomic E-state index is 11.2. The number of esters is 1. The van der Waals surface area contributed by atoms with Crippen molar-refractivity contribution in [2.75, 3.05) is 7.11 Å². The van der Waals surface area contributed by atoms with E-state index < -0.39 is 32.5 Å². The van der Waals surface area contributed by atoms with E-state index in [0.717, 1.165) is 25.3 Å². The fourth-order valence-corrected chi connectivity index (χ4v) is 1.66. The average molecular weight is 308 g/mol.